The number of para-hydroxylation sites is 1. The molecule has 0 atom stereocenters. The molecular formula is C26H25N3O3. The van der Waals surface area contributed by atoms with Crippen molar-refractivity contribution in [1.29, 1.82) is 0 Å². The Hall–Kier alpha value is -3.80. The smallest absolute Gasteiger partial charge is 0.265 e. The SMILES string of the molecule is O=C(c1ccc2c(c1)N(Cc1ccccc1)C(=O)CO2)N1CCN(c2ccccc2)CC1. The van der Waals surface area contributed by atoms with Gasteiger partial charge in [0.1, 0.15) is 5.75 Å². The van der Waals surface area contributed by atoms with Crippen LogP contribution in [0.25, 0.3) is 0 Å². The molecule has 0 aromatic heterocycles. The predicted molar refractivity (Wildman–Crippen MR) is 124 cm³/mol. The minimum Gasteiger partial charge on any atom is -0.482 e. The van der Waals surface area contributed by atoms with Gasteiger partial charge in [-0.2, -0.15) is 0 Å². The second-order valence-corrected chi connectivity index (χ2v) is 8.05. The van der Waals surface area contributed by atoms with E-state index in [1.165, 1.54) is 5.69 Å². The molecule has 0 N–H and O–H groups in total. The third-order valence-electron chi connectivity index (χ3n) is 6.02. The molecular weight excluding hydrogens is 402 g/mol. The van der Waals surface area contributed by atoms with Crippen LogP contribution in [0, 0.1) is 0 Å². The summed E-state index contributed by atoms with van der Waals surface area (Å²) in [7, 11) is 0. The average molecular weight is 428 g/mol. The topological polar surface area (TPSA) is 53.1 Å². The quantitative estimate of drug-likeness (QED) is 0.639. The number of benzene rings is 3. The minimum atomic E-state index is -0.109. The van der Waals surface area contributed by atoms with Gasteiger partial charge in [-0.05, 0) is 35.9 Å². The molecule has 2 aliphatic rings. The van der Waals surface area contributed by atoms with Crippen LogP contribution in [0.1, 0.15) is 15.9 Å². The Balaban J connectivity index is 1.33. The summed E-state index contributed by atoms with van der Waals surface area (Å²) in [6.45, 7) is 3.37. The highest BCUT2D eigenvalue weighted by Crippen LogP contribution is 2.34. The van der Waals surface area contributed by atoms with Crippen LogP contribution in [0.5, 0.6) is 5.75 Å². The van der Waals surface area contributed by atoms with Gasteiger partial charge in [0.05, 0.1) is 12.2 Å². The van der Waals surface area contributed by atoms with Crippen molar-refractivity contribution in [2.45, 2.75) is 6.54 Å². The van der Waals surface area contributed by atoms with E-state index in [4.69, 9.17) is 4.74 Å². The lowest BCUT2D eigenvalue weighted by molar-refractivity contribution is -0.121. The van der Waals surface area contributed by atoms with E-state index in [9.17, 15) is 9.59 Å². The standard InChI is InChI=1S/C26H25N3O3/c30-25-19-32-24-12-11-21(17-23(24)29(25)18-20-7-3-1-4-8-20)26(31)28-15-13-27(14-16-28)22-9-5-2-6-10-22/h1-12,17H,13-16,18-19H2. The first kappa shape index (κ1) is 20.1. The Labute approximate surface area is 187 Å². The number of amides is 2. The first-order valence-electron chi connectivity index (χ1n) is 10.9. The van der Waals surface area contributed by atoms with Gasteiger partial charge in [-0.1, -0.05) is 48.5 Å². The van der Waals surface area contributed by atoms with Crippen molar-refractivity contribution in [3.05, 3.63) is 90.0 Å². The molecule has 2 amide bonds. The molecule has 3 aromatic rings. The number of rotatable bonds is 4. The fourth-order valence-electron chi connectivity index (χ4n) is 4.26. The van der Waals surface area contributed by atoms with Crippen molar-refractivity contribution >= 4 is 23.2 Å². The number of fused-ring (bicyclic) bond motifs is 1. The van der Waals surface area contributed by atoms with Crippen molar-refractivity contribution in [2.75, 3.05) is 42.6 Å². The maximum absolute atomic E-state index is 13.2. The number of hydrogen-bond donors (Lipinski definition) is 0. The molecule has 6 nitrogen and oxygen atoms in total. The lowest BCUT2D eigenvalue weighted by atomic mass is 10.1. The van der Waals surface area contributed by atoms with Crippen LogP contribution in [-0.2, 0) is 11.3 Å². The van der Waals surface area contributed by atoms with E-state index < -0.39 is 0 Å². The average Bonchev–Trinajstić information content (AvgIpc) is 2.86. The zero-order valence-electron chi connectivity index (χ0n) is 17.8. The summed E-state index contributed by atoms with van der Waals surface area (Å²) >= 11 is 0. The van der Waals surface area contributed by atoms with Gasteiger partial charge >= 0.3 is 0 Å². The maximum atomic E-state index is 13.2. The summed E-state index contributed by atoms with van der Waals surface area (Å²) in [5.41, 5.74) is 3.44. The van der Waals surface area contributed by atoms with Crippen LogP contribution in [0.2, 0.25) is 0 Å². The molecule has 1 saturated heterocycles. The summed E-state index contributed by atoms with van der Waals surface area (Å²) in [5.74, 6) is 0.506. The molecule has 3 aromatic carbocycles. The van der Waals surface area contributed by atoms with Crippen LogP contribution >= 0.6 is 0 Å². The number of hydrogen-bond acceptors (Lipinski definition) is 4. The largest absolute Gasteiger partial charge is 0.482 e. The van der Waals surface area contributed by atoms with E-state index in [0.29, 0.717) is 36.6 Å². The highest BCUT2D eigenvalue weighted by molar-refractivity contribution is 6.01. The number of piperazine rings is 1. The third-order valence-corrected chi connectivity index (χ3v) is 6.02. The fraction of sp³-hybridized carbons (Fsp3) is 0.231. The van der Waals surface area contributed by atoms with Crippen molar-refractivity contribution < 1.29 is 14.3 Å². The van der Waals surface area contributed by atoms with Gasteiger partial charge in [0.2, 0.25) is 0 Å². The maximum Gasteiger partial charge on any atom is 0.265 e. The monoisotopic (exact) mass is 427 g/mol. The zero-order chi connectivity index (χ0) is 21.9. The molecule has 32 heavy (non-hydrogen) atoms. The predicted octanol–water partition coefficient (Wildman–Crippen LogP) is 3.57. The first-order chi connectivity index (χ1) is 15.7. The Morgan fingerprint density at radius 3 is 2.25 bits per heavy atom. The van der Waals surface area contributed by atoms with Crippen molar-refractivity contribution in [3.63, 3.8) is 0 Å². The van der Waals surface area contributed by atoms with Crippen LogP contribution in [0.3, 0.4) is 0 Å². The van der Waals surface area contributed by atoms with Crippen molar-refractivity contribution in [2.24, 2.45) is 0 Å². The molecule has 162 valence electrons. The molecule has 0 saturated carbocycles. The lowest BCUT2D eigenvalue weighted by Crippen LogP contribution is -2.48. The van der Waals surface area contributed by atoms with Crippen LogP contribution in [0.4, 0.5) is 11.4 Å². The highest BCUT2D eigenvalue weighted by Gasteiger charge is 2.28. The molecule has 0 unspecified atom stereocenters. The molecule has 0 radical (unpaired) electrons. The van der Waals surface area contributed by atoms with Gasteiger partial charge in [0.15, 0.2) is 6.61 Å². The van der Waals surface area contributed by atoms with E-state index in [1.54, 1.807) is 23.1 Å². The normalized spacial score (nSPS) is 15.9. The van der Waals surface area contributed by atoms with Crippen LogP contribution in [-0.4, -0.2) is 49.5 Å². The van der Waals surface area contributed by atoms with Gasteiger partial charge in [-0.15, -0.1) is 0 Å². The van der Waals surface area contributed by atoms with Gasteiger partial charge in [0.25, 0.3) is 11.8 Å². The number of ether oxygens (including phenoxy) is 1. The summed E-state index contributed by atoms with van der Waals surface area (Å²) in [6, 6.07) is 25.5. The summed E-state index contributed by atoms with van der Waals surface area (Å²) < 4.78 is 5.62. The number of carbonyl (C=O) groups is 2. The number of anilines is 2. The molecule has 0 spiro atoms. The Morgan fingerprint density at radius 1 is 0.844 bits per heavy atom. The van der Waals surface area contributed by atoms with Gasteiger partial charge in [-0.25, -0.2) is 0 Å². The molecule has 5 rings (SSSR count). The molecule has 2 heterocycles. The van der Waals surface area contributed by atoms with Crippen molar-refractivity contribution in [3.8, 4) is 5.75 Å². The highest BCUT2D eigenvalue weighted by atomic mass is 16.5. The number of nitrogens with zero attached hydrogens (tertiary/aromatic N) is 3. The van der Waals surface area contributed by atoms with E-state index in [-0.39, 0.29) is 18.4 Å². The van der Waals surface area contributed by atoms with Crippen LogP contribution in [0.15, 0.2) is 78.9 Å². The summed E-state index contributed by atoms with van der Waals surface area (Å²) in [4.78, 5) is 31.7. The molecule has 0 aliphatic carbocycles. The lowest BCUT2D eigenvalue weighted by Gasteiger charge is -2.36. The second-order valence-electron chi connectivity index (χ2n) is 8.05. The van der Waals surface area contributed by atoms with Crippen LogP contribution < -0.4 is 14.5 Å². The Bertz CT molecular complexity index is 1110. The van der Waals surface area contributed by atoms with Gasteiger partial charge < -0.3 is 19.4 Å². The Kier molecular flexibility index (Phi) is 5.50. The van der Waals surface area contributed by atoms with E-state index in [0.717, 1.165) is 18.7 Å². The Morgan fingerprint density at radius 2 is 1.53 bits per heavy atom. The molecule has 0 bridgehead atoms. The van der Waals surface area contributed by atoms with E-state index in [2.05, 4.69) is 17.0 Å². The van der Waals surface area contributed by atoms with Crippen molar-refractivity contribution in [1.82, 2.24) is 4.90 Å². The molecule has 6 heteroatoms. The third kappa shape index (κ3) is 4.04. The fourth-order valence-corrected chi connectivity index (χ4v) is 4.26. The van der Waals surface area contributed by atoms with E-state index >= 15 is 0 Å². The number of carbonyl (C=O) groups excluding carboxylic acids is 2. The molecule has 2 aliphatic heterocycles. The van der Waals surface area contributed by atoms with Gasteiger partial charge in [0, 0.05) is 37.4 Å². The second kappa shape index (κ2) is 8.75. The minimum absolute atomic E-state index is 0.00850. The first-order valence-corrected chi connectivity index (χ1v) is 10.9. The van der Waals surface area contributed by atoms with Gasteiger partial charge in [-0.3, -0.25) is 9.59 Å². The summed E-state index contributed by atoms with van der Waals surface area (Å²) in [6.07, 6.45) is 0. The molecule has 1 fully saturated rings. The van der Waals surface area contributed by atoms with E-state index in [1.807, 2.05) is 53.4 Å². The zero-order valence-corrected chi connectivity index (χ0v) is 17.8. The summed E-state index contributed by atoms with van der Waals surface area (Å²) in [5, 5.41) is 0.